The lowest BCUT2D eigenvalue weighted by Gasteiger charge is -2.01. The molecule has 3 rings (SSSR count). The minimum Gasteiger partial charge on any atom is -0.250 e. The van der Waals surface area contributed by atoms with E-state index in [0.29, 0.717) is 10.6 Å². The third-order valence-corrected chi connectivity index (χ3v) is 3.55. The predicted octanol–water partition coefficient (Wildman–Crippen LogP) is 4.46. The van der Waals surface area contributed by atoms with Gasteiger partial charge >= 0.3 is 0 Å². The average molecular weight is 320 g/mol. The van der Waals surface area contributed by atoms with Crippen LogP contribution in [0.2, 0.25) is 0 Å². The zero-order chi connectivity index (χ0) is 16.1. The maximum Gasteiger partial charge on any atom is 0.216 e. The zero-order valence-electron chi connectivity index (χ0n) is 12.7. The highest BCUT2D eigenvalue weighted by atomic mass is 32.1. The topological polar surface area (TPSA) is 46.0 Å². The largest absolute Gasteiger partial charge is 0.250 e. The number of H-pyrrole nitrogens is 1. The molecule has 0 aliphatic carbocycles. The number of aromatic nitrogens is 3. The molecule has 1 aromatic heterocycles. The summed E-state index contributed by atoms with van der Waals surface area (Å²) in [6, 6.07) is 18.1. The van der Waals surface area contributed by atoms with Gasteiger partial charge in [-0.05, 0) is 36.8 Å². The van der Waals surface area contributed by atoms with Gasteiger partial charge in [-0.3, -0.25) is 0 Å². The summed E-state index contributed by atoms with van der Waals surface area (Å²) >= 11 is 5.26. The molecule has 0 unspecified atom stereocenters. The molecule has 1 N–H and O–H groups in total. The molecule has 0 bridgehead atoms. The van der Waals surface area contributed by atoms with Crippen LogP contribution in [0.5, 0.6) is 0 Å². The lowest BCUT2D eigenvalue weighted by atomic mass is 10.1. The van der Waals surface area contributed by atoms with E-state index in [-0.39, 0.29) is 0 Å². The van der Waals surface area contributed by atoms with Gasteiger partial charge in [-0.2, -0.15) is 14.9 Å². The van der Waals surface area contributed by atoms with Gasteiger partial charge in [0, 0.05) is 11.8 Å². The van der Waals surface area contributed by atoms with E-state index in [1.165, 1.54) is 0 Å². The molecular formula is C18H16N4S. The molecule has 0 radical (unpaired) electrons. The third kappa shape index (κ3) is 3.70. The van der Waals surface area contributed by atoms with Gasteiger partial charge in [0.15, 0.2) is 5.82 Å². The van der Waals surface area contributed by atoms with Crippen molar-refractivity contribution in [1.82, 2.24) is 14.9 Å². The summed E-state index contributed by atoms with van der Waals surface area (Å²) in [6.45, 7) is 2.04. The van der Waals surface area contributed by atoms with Crippen LogP contribution < -0.4 is 0 Å². The van der Waals surface area contributed by atoms with Crippen molar-refractivity contribution in [2.24, 2.45) is 5.10 Å². The van der Waals surface area contributed by atoms with E-state index in [2.05, 4.69) is 21.4 Å². The quantitative estimate of drug-likeness (QED) is 0.570. The molecule has 23 heavy (non-hydrogen) atoms. The number of benzene rings is 2. The molecule has 0 saturated heterocycles. The maximum absolute atomic E-state index is 5.26. The fraction of sp³-hybridized carbons (Fsp3) is 0.0556. The molecule has 0 spiro atoms. The summed E-state index contributed by atoms with van der Waals surface area (Å²) in [5.41, 5.74) is 3.26. The molecule has 4 nitrogen and oxygen atoms in total. The van der Waals surface area contributed by atoms with Crippen LogP contribution in [0, 0.1) is 11.7 Å². The smallest absolute Gasteiger partial charge is 0.216 e. The molecule has 0 atom stereocenters. The van der Waals surface area contributed by atoms with Crippen LogP contribution in [0.15, 0.2) is 65.8 Å². The van der Waals surface area contributed by atoms with E-state index >= 15 is 0 Å². The first-order valence-corrected chi connectivity index (χ1v) is 7.65. The van der Waals surface area contributed by atoms with E-state index in [1.54, 1.807) is 10.9 Å². The first-order chi connectivity index (χ1) is 11.2. The lowest BCUT2D eigenvalue weighted by molar-refractivity contribution is 0.872. The highest BCUT2D eigenvalue weighted by molar-refractivity contribution is 7.71. The Morgan fingerprint density at radius 3 is 2.74 bits per heavy atom. The molecule has 0 amide bonds. The van der Waals surface area contributed by atoms with Crippen LogP contribution in [-0.4, -0.2) is 21.1 Å². The minimum absolute atomic E-state index is 0.464. The number of aryl methyl sites for hydroxylation is 1. The first-order valence-electron chi connectivity index (χ1n) is 7.24. The Labute approximate surface area is 139 Å². The second-order valence-electron chi connectivity index (χ2n) is 5.07. The van der Waals surface area contributed by atoms with Crippen molar-refractivity contribution < 1.29 is 0 Å². The zero-order valence-corrected chi connectivity index (χ0v) is 13.5. The molecule has 5 heteroatoms. The van der Waals surface area contributed by atoms with Crippen LogP contribution in [0.3, 0.4) is 0 Å². The van der Waals surface area contributed by atoms with Gasteiger partial charge in [0.2, 0.25) is 4.77 Å². The summed E-state index contributed by atoms with van der Waals surface area (Å²) < 4.78 is 2.09. The number of nitrogens with zero attached hydrogens (tertiary/aromatic N) is 3. The lowest BCUT2D eigenvalue weighted by Crippen LogP contribution is -1.93. The molecule has 0 saturated carbocycles. The Morgan fingerprint density at radius 2 is 1.96 bits per heavy atom. The SMILES string of the molecule is Cc1cccc(-c2n[nH]c(=S)n2/N=C\C=C\c2ccccc2)c1. The monoisotopic (exact) mass is 320 g/mol. The number of hydrogen-bond acceptors (Lipinski definition) is 3. The Balaban J connectivity index is 1.86. The van der Waals surface area contributed by atoms with E-state index in [0.717, 1.165) is 16.7 Å². The molecule has 1 heterocycles. The maximum atomic E-state index is 5.26. The highest BCUT2D eigenvalue weighted by Crippen LogP contribution is 2.18. The molecule has 0 aliphatic heterocycles. The van der Waals surface area contributed by atoms with Crippen LogP contribution >= 0.6 is 12.2 Å². The van der Waals surface area contributed by atoms with E-state index in [4.69, 9.17) is 12.2 Å². The summed E-state index contributed by atoms with van der Waals surface area (Å²) in [6.07, 6.45) is 5.57. The fourth-order valence-corrected chi connectivity index (χ4v) is 2.37. The van der Waals surface area contributed by atoms with Gasteiger partial charge in [-0.15, -0.1) is 0 Å². The Morgan fingerprint density at radius 1 is 1.13 bits per heavy atom. The second kappa shape index (κ2) is 6.98. The van der Waals surface area contributed by atoms with E-state index < -0.39 is 0 Å². The van der Waals surface area contributed by atoms with Crippen molar-refractivity contribution in [2.45, 2.75) is 6.92 Å². The normalized spacial score (nSPS) is 11.5. The van der Waals surface area contributed by atoms with Crippen LogP contribution in [0.25, 0.3) is 17.5 Å². The predicted molar refractivity (Wildman–Crippen MR) is 97.0 cm³/mol. The van der Waals surface area contributed by atoms with E-state index in [9.17, 15) is 0 Å². The molecule has 3 aromatic rings. The van der Waals surface area contributed by atoms with Gasteiger partial charge in [-0.1, -0.05) is 60.2 Å². The Bertz CT molecular complexity index is 904. The van der Waals surface area contributed by atoms with E-state index in [1.807, 2.05) is 67.6 Å². The number of nitrogens with one attached hydrogen (secondary N) is 1. The Kier molecular flexibility index (Phi) is 4.59. The fourth-order valence-electron chi connectivity index (χ4n) is 2.19. The highest BCUT2D eigenvalue weighted by Gasteiger charge is 2.07. The molecule has 0 fully saturated rings. The van der Waals surface area contributed by atoms with Gasteiger partial charge in [0.25, 0.3) is 0 Å². The Hall–Kier alpha value is -2.79. The van der Waals surface area contributed by atoms with Crippen molar-refractivity contribution in [2.75, 3.05) is 0 Å². The van der Waals surface area contributed by atoms with Crippen molar-refractivity contribution in [1.29, 1.82) is 0 Å². The summed E-state index contributed by atoms with van der Waals surface area (Å²) in [5, 5.41) is 11.5. The summed E-state index contributed by atoms with van der Waals surface area (Å²) in [4.78, 5) is 0. The van der Waals surface area contributed by atoms with Crippen molar-refractivity contribution in [3.8, 4) is 11.4 Å². The van der Waals surface area contributed by atoms with Crippen molar-refractivity contribution in [3.05, 3.63) is 76.6 Å². The molecule has 2 aromatic carbocycles. The first kappa shape index (κ1) is 15.1. The molecule has 114 valence electrons. The minimum atomic E-state index is 0.464. The van der Waals surface area contributed by atoms with Gasteiger partial charge in [0.1, 0.15) is 0 Å². The van der Waals surface area contributed by atoms with Gasteiger partial charge in [0.05, 0.1) is 0 Å². The third-order valence-electron chi connectivity index (χ3n) is 3.28. The van der Waals surface area contributed by atoms with Crippen molar-refractivity contribution >= 4 is 24.5 Å². The summed E-state index contributed by atoms with van der Waals surface area (Å²) in [7, 11) is 0. The number of allylic oxidation sites excluding steroid dienone is 1. The molecule has 0 aliphatic rings. The molecular weight excluding hydrogens is 304 g/mol. The summed E-state index contributed by atoms with van der Waals surface area (Å²) in [5.74, 6) is 0.697. The number of hydrogen-bond donors (Lipinski definition) is 1. The van der Waals surface area contributed by atoms with Crippen LogP contribution in [0.4, 0.5) is 0 Å². The number of rotatable bonds is 4. The average Bonchev–Trinajstić information content (AvgIpc) is 2.93. The van der Waals surface area contributed by atoms with Crippen LogP contribution in [-0.2, 0) is 0 Å². The van der Waals surface area contributed by atoms with Gasteiger partial charge in [-0.25, -0.2) is 5.10 Å². The van der Waals surface area contributed by atoms with Crippen molar-refractivity contribution in [3.63, 3.8) is 0 Å². The standard InChI is InChI=1S/C18H16N4S/c1-14-7-5-11-16(13-14)17-20-21-18(23)22(17)19-12-6-10-15-8-3-2-4-9-15/h2-13H,1H3,(H,21,23)/b10-6+,19-12-. The van der Waals surface area contributed by atoms with Gasteiger partial charge < -0.3 is 0 Å². The van der Waals surface area contributed by atoms with Crippen LogP contribution in [0.1, 0.15) is 11.1 Å². The number of aromatic amines is 1. The second-order valence-corrected chi connectivity index (χ2v) is 5.45.